The summed E-state index contributed by atoms with van der Waals surface area (Å²) in [5.41, 5.74) is 1.08. The summed E-state index contributed by atoms with van der Waals surface area (Å²) in [7, 11) is 0. The topological polar surface area (TPSA) is 47.6 Å². The first-order valence-electron chi connectivity index (χ1n) is 7.31. The van der Waals surface area contributed by atoms with Crippen LogP contribution in [0.5, 0.6) is 11.5 Å². The molecular weight excluding hydrogens is 278 g/mol. The van der Waals surface area contributed by atoms with Gasteiger partial charge in [-0.25, -0.2) is 0 Å². The Morgan fingerprint density at radius 1 is 1.05 bits per heavy atom. The highest BCUT2D eigenvalue weighted by molar-refractivity contribution is 5.77. The van der Waals surface area contributed by atoms with Crippen LogP contribution < -0.4 is 14.8 Å². The molecule has 4 nitrogen and oxygen atoms in total. The molecule has 0 unspecified atom stereocenters. The molecule has 0 spiro atoms. The monoisotopic (exact) mass is 299 g/mol. The number of hydrogen-bond donors (Lipinski definition) is 1. The van der Waals surface area contributed by atoms with Crippen molar-refractivity contribution in [3.05, 3.63) is 60.2 Å². The summed E-state index contributed by atoms with van der Waals surface area (Å²) in [6.45, 7) is 4.31. The van der Waals surface area contributed by atoms with Gasteiger partial charge in [-0.15, -0.1) is 0 Å². The number of ether oxygens (including phenoxy) is 2. The Balaban J connectivity index is 1.71. The molecule has 0 aliphatic rings. The van der Waals surface area contributed by atoms with Gasteiger partial charge >= 0.3 is 0 Å². The molecule has 2 aromatic rings. The van der Waals surface area contributed by atoms with E-state index in [2.05, 4.69) is 5.32 Å². The fourth-order valence-electron chi connectivity index (χ4n) is 1.96. The van der Waals surface area contributed by atoms with Crippen molar-refractivity contribution in [1.29, 1.82) is 0 Å². The van der Waals surface area contributed by atoms with E-state index < -0.39 is 0 Å². The molecule has 2 aromatic carbocycles. The van der Waals surface area contributed by atoms with Crippen molar-refractivity contribution in [3.8, 4) is 11.5 Å². The second-order valence-corrected chi connectivity index (χ2v) is 5.15. The third-order valence-electron chi connectivity index (χ3n) is 3.10. The van der Waals surface area contributed by atoms with Gasteiger partial charge in [0.2, 0.25) is 0 Å². The van der Waals surface area contributed by atoms with E-state index in [-0.39, 0.29) is 18.6 Å². The van der Waals surface area contributed by atoms with E-state index in [1.165, 1.54) is 0 Å². The molecule has 22 heavy (non-hydrogen) atoms. The highest BCUT2D eigenvalue weighted by atomic mass is 16.5. The molecule has 2 rings (SSSR count). The molecule has 0 fully saturated rings. The Morgan fingerprint density at radius 3 is 2.45 bits per heavy atom. The van der Waals surface area contributed by atoms with E-state index in [0.717, 1.165) is 11.3 Å². The van der Waals surface area contributed by atoms with E-state index >= 15 is 0 Å². The number of para-hydroxylation sites is 2. The van der Waals surface area contributed by atoms with Crippen molar-refractivity contribution in [2.45, 2.75) is 19.9 Å². The number of carbonyl (C=O) groups excluding carboxylic acids is 1. The number of nitrogens with one attached hydrogen (secondary N) is 1. The molecule has 1 N–H and O–H groups in total. The molecule has 116 valence electrons. The maximum absolute atomic E-state index is 11.8. The van der Waals surface area contributed by atoms with Gasteiger partial charge in [0.05, 0.1) is 6.04 Å². The fraction of sp³-hybridized carbons (Fsp3) is 0.278. The zero-order valence-corrected chi connectivity index (χ0v) is 12.9. The van der Waals surface area contributed by atoms with Gasteiger partial charge in [0.1, 0.15) is 18.1 Å². The lowest BCUT2D eigenvalue weighted by atomic mass is 10.2. The van der Waals surface area contributed by atoms with E-state index in [0.29, 0.717) is 12.4 Å². The van der Waals surface area contributed by atoms with Crippen LogP contribution in [0.1, 0.15) is 12.5 Å². The number of carbonyl (C=O) groups is 1. The van der Waals surface area contributed by atoms with Crippen LogP contribution in [0, 0.1) is 6.92 Å². The molecule has 1 amide bonds. The van der Waals surface area contributed by atoms with Gasteiger partial charge < -0.3 is 14.8 Å². The number of benzene rings is 2. The van der Waals surface area contributed by atoms with Gasteiger partial charge in [0, 0.05) is 0 Å². The predicted octanol–water partition coefficient (Wildman–Crippen LogP) is 2.96. The van der Waals surface area contributed by atoms with E-state index in [1.54, 1.807) is 0 Å². The highest BCUT2D eigenvalue weighted by Gasteiger charge is 2.09. The van der Waals surface area contributed by atoms with Gasteiger partial charge in [-0.3, -0.25) is 4.79 Å². The zero-order valence-electron chi connectivity index (χ0n) is 12.9. The van der Waals surface area contributed by atoms with Crippen molar-refractivity contribution in [1.82, 2.24) is 5.32 Å². The Bertz CT molecular complexity index is 598. The van der Waals surface area contributed by atoms with Crippen molar-refractivity contribution in [2.75, 3.05) is 13.2 Å². The van der Waals surface area contributed by atoms with Gasteiger partial charge in [-0.2, -0.15) is 0 Å². The first-order valence-corrected chi connectivity index (χ1v) is 7.31. The van der Waals surface area contributed by atoms with Crippen LogP contribution in [-0.4, -0.2) is 25.2 Å². The minimum absolute atomic E-state index is 0.00127. The lowest BCUT2D eigenvalue weighted by molar-refractivity contribution is -0.123. The Hall–Kier alpha value is -2.49. The zero-order chi connectivity index (χ0) is 15.8. The van der Waals surface area contributed by atoms with Crippen molar-refractivity contribution in [2.24, 2.45) is 0 Å². The van der Waals surface area contributed by atoms with E-state index in [9.17, 15) is 4.79 Å². The SMILES string of the molecule is Cc1ccccc1OC[C@H](C)NC(=O)COc1ccccc1. The molecule has 4 heteroatoms. The van der Waals surface area contributed by atoms with Crippen molar-refractivity contribution < 1.29 is 14.3 Å². The average Bonchev–Trinajstić information content (AvgIpc) is 2.53. The normalized spacial score (nSPS) is 11.5. The quantitative estimate of drug-likeness (QED) is 0.855. The summed E-state index contributed by atoms with van der Waals surface area (Å²) in [4.78, 5) is 11.8. The summed E-state index contributed by atoms with van der Waals surface area (Å²) >= 11 is 0. The van der Waals surface area contributed by atoms with Crippen LogP contribution in [-0.2, 0) is 4.79 Å². The van der Waals surface area contributed by atoms with Gasteiger partial charge in [0.15, 0.2) is 6.61 Å². The summed E-state index contributed by atoms with van der Waals surface area (Å²) in [6.07, 6.45) is 0. The Labute approximate surface area is 131 Å². The van der Waals surface area contributed by atoms with Crippen LogP contribution in [0.3, 0.4) is 0 Å². The second kappa shape index (κ2) is 8.08. The highest BCUT2D eigenvalue weighted by Crippen LogP contribution is 2.16. The van der Waals surface area contributed by atoms with Crippen LogP contribution in [0.2, 0.25) is 0 Å². The summed E-state index contributed by atoms with van der Waals surface area (Å²) in [6, 6.07) is 17.0. The fourth-order valence-corrected chi connectivity index (χ4v) is 1.96. The largest absolute Gasteiger partial charge is 0.491 e. The van der Waals surface area contributed by atoms with Gasteiger partial charge in [-0.1, -0.05) is 36.4 Å². The number of rotatable bonds is 7. The molecule has 0 aliphatic heterocycles. The molecular formula is C18H21NO3. The van der Waals surface area contributed by atoms with Crippen molar-refractivity contribution >= 4 is 5.91 Å². The molecule has 0 heterocycles. The Kier molecular flexibility index (Phi) is 5.83. The number of aryl methyl sites for hydroxylation is 1. The molecule has 1 atom stereocenters. The predicted molar refractivity (Wildman–Crippen MR) is 86.2 cm³/mol. The first kappa shape index (κ1) is 15.9. The third kappa shape index (κ3) is 5.13. The molecule has 0 radical (unpaired) electrons. The summed E-state index contributed by atoms with van der Waals surface area (Å²) in [5.74, 6) is 1.36. The third-order valence-corrected chi connectivity index (χ3v) is 3.10. The van der Waals surface area contributed by atoms with Crippen LogP contribution >= 0.6 is 0 Å². The molecule has 0 aliphatic carbocycles. The maximum Gasteiger partial charge on any atom is 0.258 e. The van der Waals surface area contributed by atoms with Crippen LogP contribution in [0.15, 0.2) is 54.6 Å². The second-order valence-electron chi connectivity index (χ2n) is 5.15. The summed E-state index contributed by atoms with van der Waals surface area (Å²) in [5, 5.41) is 2.85. The summed E-state index contributed by atoms with van der Waals surface area (Å²) < 4.78 is 11.1. The molecule has 0 saturated carbocycles. The Morgan fingerprint density at radius 2 is 1.73 bits per heavy atom. The van der Waals surface area contributed by atoms with Gasteiger partial charge in [0.25, 0.3) is 5.91 Å². The molecule has 0 bridgehead atoms. The lowest BCUT2D eigenvalue weighted by Gasteiger charge is -2.16. The first-order chi connectivity index (χ1) is 10.6. The smallest absolute Gasteiger partial charge is 0.258 e. The van der Waals surface area contributed by atoms with Gasteiger partial charge in [-0.05, 0) is 37.6 Å². The standard InChI is InChI=1S/C18H21NO3/c1-14-8-6-7-11-17(14)22-12-15(2)19-18(20)13-21-16-9-4-3-5-10-16/h3-11,15H,12-13H2,1-2H3,(H,19,20)/t15-/m0/s1. The number of hydrogen-bond acceptors (Lipinski definition) is 3. The van der Waals surface area contributed by atoms with Crippen LogP contribution in [0.25, 0.3) is 0 Å². The maximum atomic E-state index is 11.8. The van der Waals surface area contributed by atoms with Crippen LogP contribution in [0.4, 0.5) is 0 Å². The minimum Gasteiger partial charge on any atom is -0.491 e. The molecule has 0 saturated heterocycles. The minimum atomic E-state index is -0.162. The lowest BCUT2D eigenvalue weighted by Crippen LogP contribution is -2.39. The van der Waals surface area contributed by atoms with E-state index in [4.69, 9.17) is 9.47 Å². The van der Waals surface area contributed by atoms with E-state index in [1.807, 2.05) is 68.4 Å². The molecule has 0 aromatic heterocycles. The average molecular weight is 299 g/mol. The van der Waals surface area contributed by atoms with Crippen molar-refractivity contribution in [3.63, 3.8) is 0 Å². The number of amides is 1.